The maximum Gasteiger partial charge on any atom is 0.307 e. The molecule has 0 spiro atoms. The number of hydrogen-bond donors (Lipinski definition) is 2. The van der Waals surface area contributed by atoms with Crippen molar-refractivity contribution in [3.8, 4) is 11.1 Å². The van der Waals surface area contributed by atoms with Gasteiger partial charge in [-0.3, -0.25) is 9.59 Å². The summed E-state index contributed by atoms with van der Waals surface area (Å²) in [6.45, 7) is 2.13. The molecule has 0 amide bonds. The van der Waals surface area contributed by atoms with Gasteiger partial charge in [-0.25, -0.2) is 0 Å². The third-order valence-electron chi connectivity index (χ3n) is 6.54. The highest BCUT2D eigenvalue weighted by Crippen LogP contribution is 2.33. The normalized spacial score (nSPS) is 16.7. The molecule has 2 aromatic carbocycles. The second kappa shape index (κ2) is 10.4. The summed E-state index contributed by atoms with van der Waals surface area (Å²) in [4.78, 5) is 23.9. The second-order valence-electron chi connectivity index (χ2n) is 8.58. The van der Waals surface area contributed by atoms with Crippen LogP contribution in [0.2, 0.25) is 0 Å². The molecule has 0 heterocycles. The fourth-order valence-corrected chi connectivity index (χ4v) is 4.64. The molecule has 0 saturated heterocycles. The van der Waals surface area contributed by atoms with Crippen molar-refractivity contribution in [2.45, 2.75) is 58.3 Å². The Morgan fingerprint density at radius 3 is 1.77 bits per heavy atom. The van der Waals surface area contributed by atoms with E-state index in [1.807, 2.05) is 24.3 Å². The molecule has 1 aliphatic carbocycles. The Labute approximate surface area is 179 Å². The van der Waals surface area contributed by atoms with Crippen LogP contribution in [-0.4, -0.2) is 22.2 Å². The SMILES string of the molecule is CCc1ccc(-c2ccc(C[C@@H](C(=O)O)[C@@H](CC3CCCCC3)C(=O)O)cc2)cc1. The number of aliphatic carboxylic acids is 2. The topological polar surface area (TPSA) is 74.6 Å². The Bertz CT molecular complexity index is 832. The van der Waals surface area contributed by atoms with Gasteiger partial charge in [-0.05, 0) is 47.4 Å². The lowest BCUT2D eigenvalue weighted by Crippen LogP contribution is -2.33. The molecule has 4 heteroatoms. The van der Waals surface area contributed by atoms with Crippen molar-refractivity contribution in [1.29, 1.82) is 0 Å². The first kappa shape index (κ1) is 22.1. The van der Waals surface area contributed by atoms with Crippen LogP contribution in [0.4, 0.5) is 0 Å². The average molecular weight is 409 g/mol. The van der Waals surface area contributed by atoms with E-state index >= 15 is 0 Å². The van der Waals surface area contributed by atoms with Gasteiger partial charge in [-0.2, -0.15) is 0 Å². The van der Waals surface area contributed by atoms with Crippen molar-refractivity contribution in [2.24, 2.45) is 17.8 Å². The summed E-state index contributed by atoms with van der Waals surface area (Å²) in [6, 6.07) is 16.3. The van der Waals surface area contributed by atoms with Crippen LogP contribution in [-0.2, 0) is 22.4 Å². The number of hydrogen-bond acceptors (Lipinski definition) is 2. The van der Waals surface area contributed by atoms with Crippen LogP contribution < -0.4 is 0 Å². The van der Waals surface area contributed by atoms with Crippen LogP contribution in [0.5, 0.6) is 0 Å². The predicted octanol–water partition coefficient (Wildman–Crippen LogP) is 5.83. The van der Waals surface area contributed by atoms with E-state index in [0.717, 1.165) is 48.8 Å². The molecule has 4 nitrogen and oxygen atoms in total. The van der Waals surface area contributed by atoms with Crippen LogP contribution in [0.15, 0.2) is 48.5 Å². The molecule has 0 radical (unpaired) electrons. The van der Waals surface area contributed by atoms with Crippen LogP contribution >= 0.6 is 0 Å². The summed E-state index contributed by atoms with van der Waals surface area (Å²) in [7, 11) is 0. The van der Waals surface area contributed by atoms with Gasteiger partial charge >= 0.3 is 11.9 Å². The molecule has 1 aliphatic rings. The van der Waals surface area contributed by atoms with E-state index in [9.17, 15) is 19.8 Å². The van der Waals surface area contributed by atoms with E-state index in [2.05, 4.69) is 31.2 Å². The van der Waals surface area contributed by atoms with Crippen molar-refractivity contribution in [1.82, 2.24) is 0 Å². The van der Waals surface area contributed by atoms with Gasteiger partial charge in [0.1, 0.15) is 0 Å². The van der Waals surface area contributed by atoms with Crippen LogP contribution in [0.3, 0.4) is 0 Å². The third kappa shape index (κ3) is 5.71. The van der Waals surface area contributed by atoms with Gasteiger partial charge in [0.15, 0.2) is 0 Å². The van der Waals surface area contributed by atoms with Gasteiger partial charge in [0.25, 0.3) is 0 Å². The Balaban J connectivity index is 1.72. The maximum atomic E-state index is 12.0. The first-order valence-corrected chi connectivity index (χ1v) is 11.1. The zero-order chi connectivity index (χ0) is 21.5. The van der Waals surface area contributed by atoms with E-state index in [1.165, 1.54) is 12.0 Å². The molecule has 0 aliphatic heterocycles. The monoisotopic (exact) mass is 408 g/mol. The lowest BCUT2D eigenvalue weighted by atomic mass is 9.76. The van der Waals surface area contributed by atoms with Gasteiger partial charge in [0.05, 0.1) is 11.8 Å². The van der Waals surface area contributed by atoms with Crippen molar-refractivity contribution < 1.29 is 19.8 Å². The molecule has 2 aromatic rings. The molecular formula is C26H32O4. The minimum Gasteiger partial charge on any atom is -0.481 e. The molecular weight excluding hydrogens is 376 g/mol. The number of carbonyl (C=O) groups is 2. The van der Waals surface area contributed by atoms with Gasteiger partial charge in [-0.15, -0.1) is 0 Å². The largest absolute Gasteiger partial charge is 0.481 e. The number of aryl methyl sites for hydroxylation is 1. The Hall–Kier alpha value is -2.62. The van der Waals surface area contributed by atoms with Crippen molar-refractivity contribution >= 4 is 11.9 Å². The highest BCUT2D eigenvalue weighted by Gasteiger charge is 2.35. The lowest BCUT2D eigenvalue weighted by Gasteiger charge is -2.27. The number of rotatable bonds is 9. The summed E-state index contributed by atoms with van der Waals surface area (Å²) >= 11 is 0. The van der Waals surface area contributed by atoms with Gasteiger partial charge in [0, 0.05) is 0 Å². The predicted molar refractivity (Wildman–Crippen MR) is 118 cm³/mol. The van der Waals surface area contributed by atoms with Gasteiger partial charge < -0.3 is 10.2 Å². The van der Waals surface area contributed by atoms with E-state index in [4.69, 9.17) is 0 Å². The van der Waals surface area contributed by atoms with E-state index < -0.39 is 23.8 Å². The Morgan fingerprint density at radius 1 is 0.800 bits per heavy atom. The molecule has 1 saturated carbocycles. The zero-order valence-corrected chi connectivity index (χ0v) is 17.7. The molecule has 0 bridgehead atoms. The fraction of sp³-hybridized carbons (Fsp3) is 0.462. The number of carboxylic acid groups (broad SMARTS) is 2. The summed E-state index contributed by atoms with van der Waals surface area (Å²) in [5.41, 5.74) is 4.35. The smallest absolute Gasteiger partial charge is 0.307 e. The summed E-state index contributed by atoms with van der Waals surface area (Å²) in [5.74, 6) is -3.42. The molecule has 2 atom stereocenters. The molecule has 0 unspecified atom stereocenters. The van der Waals surface area contributed by atoms with E-state index in [-0.39, 0.29) is 6.42 Å². The molecule has 0 aromatic heterocycles. The standard InChI is InChI=1S/C26H32O4/c1-2-18-8-12-21(13-9-18)22-14-10-20(11-15-22)17-24(26(29)30)23(25(27)28)16-19-6-4-3-5-7-19/h8-15,19,23-24H,2-7,16-17H2,1H3,(H,27,28)(H,29,30)/t23-,24-/m1/s1. The highest BCUT2D eigenvalue weighted by atomic mass is 16.4. The number of benzene rings is 2. The first-order valence-electron chi connectivity index (χ1n) is 11.1. The van der Waals surface area contributed by atoms with E-state index in [1.54, 1.807) is 0 Å². The first-order chi connectivity index (χ1) is 14.5. The zero-order valence-electron chi connectivity index (χ0n) is 17.7. The van der Waals surface area contributed by atoms with Crippen LogP contribution in [0, 0.1) is 17.8 Å². The summed E-state index contributed by atoms with van der Waals surface area (Å²) in [6.07, 6.45) is 7.18. The molecule has 2 N–H and O–H groups in total. The third-order valence-corrected chi connectivity index (χ3v) is 6.54. The number of carboxylic acids is 2. The molecule has 160 valence electrons. The highest BCUT2D eigenvalue weighted by molar-refractivity contribution is 5.80. The Morgan fingerprint density at radius 2 is 1.30 bits per heavy atom. The minimum atomic E-state index is -1.02. The summed E-state index contributed by atoms with van der Waals surface area (Å²) in [5, 5.41) is 19.6. The van der Waals surface area contributed by atoms with Crippen molar-refractivity contribution in [3.63, 3.8) is 0 Å². The average Bonchev–Trinajstić information content (AvgIpc) is 2.77. The molecule has 3 rings (SSSR count). The quantitative estimate of drug-likeness (QED) is 0.547. The molecule has 30 heavy (non-hydrogen) atoms. The van der Waals surface area contributed by atoms with Crippen molar-refractivity contribution in [3.05, 3.63) is 59.7 Å². The lowest BCUT2D eigenvalue weighted by molar-refractivity contribution is -0.154. The Kier molecular flexibility index (Phi) is 7.67. The van der Waals surface area contributed by atoms with E-state index in [0.29, 0.717) is 12.3 Å². The van der Waals surface area contributed by atoms with Crippen LogP contribution in [0.1, 0.15) is 56.6 Å². The fourth-order valence-electron chi connectivity index (χ4n) is 4.64. The maximum absolute atomic E-state index is 12.0. The minimum absolute atomic E-state index is 0.244. The van der Waals surface area contributed by atoms with Crippen LogP contribution in [0.25, 0.3) is 11.1 Å². The summed E-state index contributed by atoms with van der Waals surface area (Å²) < 4.78 is 0. The van der Waals surface area contributed by atoms with Gasteiger partial charge in [0.2, 0.25) is 0 Å². The second-order valence-corrected chi connectivity index (χ2v) is 8.58. The van der Waals surface area contributed by atoms with Gasteiger partial charge in [-0.1, -0.05) is 87.6 Å². The van der Waals surface area contributed by atoms with Crippen molar-refractivity contribution in [2.75, 3.05) is 0 Å². The molecule has 1 fully saturated rings.